The molecule has 33 heavy (non-hydrogen) atoms. The van der Waals surface area contributed by atoms with Gasteiger partial charge in [0.2, 0.25) is 0 Å². The molecule has 1 aromatic carbocycles. The summed E-state index contributed by atoms with van der Waals surface area (Å²) in [6.07, 6.45) is 5.61. The van der Waals surface area contributed by atoms with Crippen molar-refractivity contribution >= 4 is 28.3 Å². The number of aromatic nitrogens is 1. The van der Waals surface area contributed by atoms with E-state index in [1.165, 1.54) is 27.3 Å². The third-order valence-corrected chi connectivity index (χ3v) is 7.60. The number of amides is 1. The molecule has 3 aromatic rings. The maximum atomic E-state index is 13.0. The van der Waals surface area contributed by atoms with Gasteiger partial charge in [-0.25, -0.2) is 0 Å². The van der Waals surface area contributed by atoms with E-state index in [2.05, 4.69) is 48.0 Å². The van der Waals surface area contributed by atoms with Crippen LogP contribution in [0.15, 0.2) is 29.8 Å². The van der Waals surface area contributed by atoms with Crippen LogP contribution < -0.4 is 5.32 Å². The maximum Gasteiger partial charge on any atom is 0.266 e. The molecule has 0 atom stereocenters. The first-order valence-electron chi connectivity index (χ1n) is 11.1. The number of nitrogens with one attached hydrogen (secondary N) is 1. The molecular formula is C27H26N4OS. The van der Waals surface area contributed by atoms with E-state index in [-0.39, 0.29) is 5.57 Å². The lowest BCUT2D eigenvalue weighted by molar-refractivity contribution is -0.112. The van der Waals surface area contributed by atoms with Crippen LogP contribution in [0.3, 0.4) is 0 Å². The molecule has 0 saturated carbocycles. The third kappa shape index (κ3) is 4.23. The van der Waals surface area contributed by atoms with Gasteiger partial charge in [-0.15, -0.1) is 11.3 Å². The molecule has 5 nitrogen and oxygen atoms in total. The highest BCUT2D eigenvalue weighted by molar-refractivity contribution is 7.16. The van der Waals surface area contributed by atoms with Gasteiger partial charge in [0.05, 0.1) is 5.56 Å². The number of hydrogen-bond donors (Lipinski definition) is 1. The van der Waals surface area contributed by atoms with Crippen molar-refractivity contribution in [2.75, 3.05) is 5.32 Å². The van der Waals surface area contributed by atoms with E-state index in [0.717, 1.165) is 53.9 Å². The van der Waals surface area contributed by atoms with Gasteiger partial charge >= 0.3 is 0 Å². The Hall–Kier alpha value is -3.61. The van der Waals surface area contributed by atoms with Crippen LogP contribution in [0.1, 0.15) is 56.9 Å². The zero-order valence-corrected chi connectivity index (χ0v) is 20.2. The van der Waals surface area contributed by atoms with Gasteiger partial charge in [0, 0.05) is 22.0 Å². The van der Waals surface area contributed by atoms with Crippen LogP contribution in [-0.4, -0.2) is 10.5 Å². The molecule has 4 rings (SSSR count). The summed E-state index contributed by atoms with van der Waals surface area (Å²) >= 11 is 1.46. The van der Waals surface area contributed by atoms with Gasteiger partial charge in [0.25, 0.3) is 5.91 Å². The Bertz CT molecular complexity index is 1370. The Morgan fingerprint density at radius 2 is 1.85 bits per heavy atom. The fraction of sp³-hybridized carbons (Fsp3) is 0.296. The molecule has 0 spiro atoms. The molecule has 0 saturated heterocycles. The predicted molar refractivity (Wildman–Crippen MR) is 133 cm³/mol. The van der Waals surface area contributed by atoms with Crippen molar-refractivity contribution in [1.82, 2.24) is 4.57 Å². The van der Waals surface area contributed by atoms with Crippen LogP contribution in [-0.2, 0) is 17.6 Å². The highest BCUT2D eigenvalue weighted by Crippen LogP contribution is 2.37. The first-order valence-corrected chi connectivity index (χ1v) is 11.9. The second kappa shape index (κ2) is 9.10. The Morgan fingerprint density at radius 1 is 1.09 bits per heavy atom. The normalized spacial score (nSPS) is 13.2. The lowest BCUT2D eigenvalue weighted by atomic mass is 9.96. The van der Waals surface area contributed by atoms with E-state index in [4.69, 9.17) is 0 Å². The zero-order chi connectivity index (χ0) is 23.7. The summed E-state index contributed by atoms with van der Waals surface area (Å²) in [5.74, 6) is -0.483. The molecule has 6 heteroatoms. The van der Waals surface area contributed by atoms with Gasteiger partial charge in [-0.1, -0.05) is 6.07 Å². The van der Waals surface area contributed by atoms with Crippen molar-refractivity contribution in [1.29, 1.82) is 10.5 Å². The topological polar surface area (TPSA) is 81.6 Å². The van der Waals surface area contributed by atoms with Gasteiger partial charge in [-0.2, -0.15) is 10.5 Å². The summed E-state index contributed by atoms with van der Waals surface area (Å²) in [7, 11) is 0. The van der Waals surface area contributed by atoms with Crippen molar-refractivity contribution in [2.24, 2.45) is 0 Å². The SMILES string of the molecule is Cc1ccc(-n2c(C)cc(/C=C(\C#N)C(=O)Nc3sc4c(c3C#N)CCCC4)c2C)cc1C. The molecule has 1 N–H and O–H groups in total. The van der Waals surface area contributed by atoms with Gasteiger partial charge in [-0.05, 0) is 99.9 Å². The molecule has 0 unspecified atom stereocenters. The summed E-state index contributed by atoms with van der Waals surface area (Å²) < 4.78 is 2.13. The average molecular weight is 455 g/mol. The van der Waals surface area contributed by atoms with Crippen LogP contribution in [0, 0.1) is 50.4 Å². The molecule has 2 aromatic heterocycles. The monoisotopic (exact) mass is 454 g/mol. The summed E-state index contributed by atoms with van der Waals surface area (Å²) in [5.41, 5.74) is 7.93. The summed E-state index contributed by atoms with van der Waals surface area (Å²) in [4.78, 5) is 14.1. The Balaban J connectivity index is 1.66. The third-order valence-electron chi connectivity index (χ3n) is 6.39. The zero-order valence-electron chi connectivity index (χ0n) is 19.4. The number of hydrogen-bond acceptors (Lipinski definition) is 4. The van der Waals surface area contributed by atoms with Crippen molar-refractivity contribution in [3.8, 4) is 17.8 Å². The first kappa shape index (κ1) is 22.6. The molecule has 1 aliphatic carbocycles. The van der Waals surface area contributed by atoms with Crippen LogP contribution in [0.25, 0.3) is 11.8 Å². The summed E-state index contributed by atoms with van der Waals surface area (Å²) in [6, 6.07) is 12.6. The number of nitriles is 2. The number of benzene rings is 1. The van der Waals surface area contributed by atoms with E-state index in [1.807, 2.05) is 26.0 Å². The number of fused-ring (bicyclic) bond motifs is 1. The number of rotatable bonds is 4. The minimum Gasteiger partial charge on any atom is -0.318 e. The number of thiophene rings is 1. The second-order valence-electron chi connectivity index (χ2n) is 8.58. The smallest absolute Gasteiger partial charge is 0.266 e. The molecule has 0 radical (unpaired) electrons. The van der Waals surface area contributed by atoms with Gasteiger partial charge in [-0.3, -0.25) is 4.79 Å². The fourth-order valence-electron chi connectivity index (χ4n) is 4.44. The summed E-state index contributed by atoms with van der Waals surface area (Å²) in [5, 5.41) is 22.8. The van der Waals surface area contributed by atoms with Crippen LogP contribution in [0.4, 0.5) is 5.00 Å². The second-order valence-corrected chi connectivity index (χ2v) is 9.69. The van der Waals surface area contributed by atoms with Crippen molar-refractivity contribution < 1.29 is 4.79 Å². The molecule has 1 aliphatic rings. The Morgan fingerprint density at radius 3 is 2.55 bits per heavy atom. The molecule has 0 aliphatic heterocycles. The molecule has 166 valence electrons. The highest BCUT2D eigenvalue weighted by atomic mass is 32.1. The number of carbonyl (C=O) groups is 1. The highest BCUT2D eigenvalue weighted by Gasteiger charge is 2.23. The standard InChI is InChI=1S/C27H26N4OS/c1-16-9-10-22(11-17(16)2)31-18(3)12-20(19(31)4)13-21(14-28)26(32)30-27-24(15-29)23-7-5-6-8-25(23)33-27/h9-13H,5-8H2,1-4H3,(H,30,32)/b21-13+. The van der Waals surface area contributed by atoms with E-state index in [0.29, 0.717) is 10.6 Å². The molecule has 0 fully saturated rings. The van der Waals surface area contributed by atoms with E-state index < -0.39 is 5.91 Å². The fourth-order valence-corrected chi connectivity index (χ4v) is 5.68. The number of anilines is 1. The minimum absolute atomic E-state index is 0.0191. The molecular weight excluding hydrogens is 428 g/mol. The minimum atomic E-state index is -0.483. The largest absolute Gasteiger partial charge is 0.318 e. The molecule has 2 heterocycles. The number of aryl methyl sites for hydroxylation is 4. The molecule has 1 amide bonds. The van der Waals surface area contributed by atoms with Gasteiger partial charge in [0.15, 0.2) is 0 Å². The number of carbonyl (C=O) groups excluding carboxylic acids is 1. The first-order chi connectivity index (χ1) is 15.8. The predicted octanol–water partition coefficient (Wildman–Crippen LogP) is 6.07. The van der Waals surface area contributed by atoms with Crippen LogP contribution in [0.5, 0.6) is 0 Å². The number of nitrogens with zero attached hydrogens (tertiary/aromatic N) is 3. The summed E-state index contributed by atoms with van der Waals surface area (Å²) in [6.45, 7) is 8.18. The van der Waals surface area contributed by atoms with Crippen LogP contribution >= 0.6 is 11.3 Å². The Labute approximate surface area is 198 Å². The van der Waals surface area contributed by atoms with E-state index in [9.17, 15) is 15.3 Å². The quantitative estimate of drug-likeness (QED) is 0.384. The lowest BCUT2D eigenvalue weighted by Crippen LogP contribution is -2.13. The van der Waals surface area contributed by atoms with Crippen molar-refractivity contribution in [3.63, 3.8) is 0 Å². The van der Waals surface area contributed by atoms with Gasteiger partial charge in [0.1, 0.15) is 22.7 Å². The lowest BCUT2D eigenvalue weighted by Gasteiger charge is -2.12. The van der Waals surface area contributed by atoms with Crippen LogP contribution in [0.2, 0.25) is 0 Å². The average Bonchev–Trinajstić information content (AvgIpc) is 3.29. The van der Waals surface area contributed by atoms with Crippen molar-refractivity contribution in [2.45, 2.75) is 53.4 Å². The van der Waals surface area contributed by atoms with Crippen molar-refractivity contribution in [3.05, 3.63) is 73.9 Å². The molecule has 0 bridgehead atoms. The van der Waals surface area contributed by atoms with E-state index >= 15 is 0 Å². The van der Waals surface area contributed by atoms with E-state index in [1.54, 1.807) is 6.08 Å². The maximum absolute atomic E-state index is 13.0. The Kier molecular flexibility index (Phi) is 6.22. The van der Waals surface area contributed by atoms with Gasteiger partial charge < -0.3 is 9.88 Å².